The highest BCUT2D eigenvalue weighted by molar-refractivity contribution is 7.99. The molecule has 0 aliphatic rings. The Labute approximate surface area is 138 Å². The van der Waals surface area contributed by atoms with Gasteiger partial charge in [-0.15, -0.1) is 0 Å². The van der Waals surface area contributed by atoms with E-state index in [0.29, 0.717) is 5.69 Å². The predicted octanol–water partition coefficient (Wildman–Crippen LogP) is 1.01. The van der Waals surface area contributed by atoms with Gasteiger partial charge in [-0.05, 0) is 31.2 Å². The Hall–Kier alpha value is -2.32. The summed E-state index contributed by atoms with van der Waals surface area (Å²) >= 11 is 1.50. The first-order valence-electron chi connectivity index (χ1n) is 6.97. The summed E-state index contributed by atoms with van der Waals surface area (Å²) < 4.78 is 1.91. The highest BCUT2D eigenvalue weighted by Gasteiger charge is 2.15. The monoisotopic (exact) mass is 334 g/mol. The molecule has 0 bridgehead atoms. The number of amides is 2. The summed E-state index contributed by atoms with van der Waals surface area (Å²) in [5.41, 5.74) is 0.519. The number of imidazole rings is 1. The summed E-state index contributed by atoms with van der Waals surface area (Å²) in [4.78, 5) is 28.5. The molecule has 122 valence electrons. The summed E-state index contributed by atoms with van der Waals surface area (Å²) in [5, 5.41) is 14.6. The van der Waals surface area contributed by atoms with Gasteiger partial charge in [0.2, 0.25) is 0 Å². The Morgan fingerprint density at radius 3 is 2.57 bits per heavy atom. The average molecular weight is 334 g/mol. The SMILES string of the molecule is CC(CO)NC(=O)C(=O)Nc1ccc(Sc2nccn2C)cc1. The number of carbonyl (C=O) groups excluding carboxylic acids is 2. The molecule has 0 fully saturated rings. The second-order valence-corrected chi connectivity index (χ2v) is 6.00. The summed E-state index contributed by atoms with van der Waals surface area (Å²) in [7, 11) is 1.91. The van der Waals surface area contributed by atoms with Crippen molar-refractivity contribution in [3.63, 3.8) is 0 Å². The lowest BCUT2D eigenvalue weighted by Gasteiger charge is -2.11. The maximum absolute atomic E-state index is 11.7. The molecule has 7 nitrogen and oxygen atoms in total. The van der Waals surface area contributed by atoms with Gasteiger partial charge in [-0.1, -0.05) is 11.8 Å². The van der Waals surface area contributed by atoms with Crippen molar-refractivity contribution in [1.29, 1.82) is 0 Å². The zero-order chi connectivity index (χ0) is 16.8. The fourth-order valence-electron chi connectivity index (χ4n) is 1.68. The molecule has 2 rings (SSSR count). The maximum atomic E-state index is 11.7. The third-order valence-electron chi connectivity index (χ3n) is 2.96. The van der Waals surface area contributed by atoms with Crippen LogP contribution in [0.3, 0.4) is 0 Å². The molecule has 8 heteroatoms. The van der Waals surface area contributed by atoms with Crippen LogP contribution in [0.5, 0.6) is 0 Å². The summed E-state index contributed by atoms with van der Waals surface area (Å²) in [6, 6.07) is 6.63. The van der Waals surface area contributed by atoms with Crippen LogP contribution in [0.4, 0.5) is 5.69 Å². The van der Waals surface area contributed by atoms with Crippen LogP contribution in [0.1, 0.15) is 6.92 Å². The number of aryl methyl sites for hydroxylation is 1. The third kappa shape index (κ3) is 4.83. The van der Waals surface area contributed by atoms with Crippen molar-refractivity contribution in [3.05, 3.63) is 36.7 Å². The molecule has 3 N–H and O–H groups in total. The van der Waals surface area contributed by atoms with Gasteiger partial charge in [-0.25, -0.2) is 4.98 Å². The molecular weight excluding hydrogens is 316 g/mol. The van der Waals surface area contributed by atoms with Crippen LogP contribution < -0.4 is 10.6 Å². The highest BCUT2D eigenvalue weighted by atomic mass is 32.2. The van der Waals surface area contributed by atoms with Gasteiger partial charge in [0, 0.05) is 36.1 Å². The number of carbonyl (C=O) groups is 2. The topological polar surface area (TPSA) is 96.2 Å². The Morgan fingerprint density at radius 1 is 1.30 bits per heavy atom. The zero-order valence-corrected chi connectivity index (χ0v) is 13.6. The Morgan fingerprint density at radius 2 is 2.00 bits per heavy atom. The lowest BCUT2D eigenvalue weighted by Crippen LogP contribution is -2.42. The van der Waals surface area contributed by atoms with E-state index in [9.17, 15) is 9.59 Å². The quantitative estimate of drug-likeness (QED) is 0.709. The molecule has 1 heterocycles. The van der Waals surface area contributed by atoms with Crippen LogP contribution in [0.15, 0.2) is 46.7 Å². The molecule has 2 amide bonds. The average Bonchev–Trinajstić information content (AvgIpc) is 2.94. The van der Waals surface area contributed by atoms with Gasteiger partial charge < -0.3 is 20.3 Å². The summed E-state index contributed by atoms with van der Waals surface area (Å²) in [6.07, 6.45) is 3.59. The molecule has 1 aromatic heterocycles. The van der Waals surface area contributed by atoms with E-state index < -0.39 is 17.9 Å². The lowest BCUT2D eigenvalue weighted by atomic mass is 10.3. The molecule has 2 aromatic rings. The van der Waals surface area contributed by atoms with E-state index in [4.69, 9.17) is 5.11 Å². The number of aromatic nitrogens is 2. The van der Waals surface area contributed by atoms with Gasteiger partial charge in [-0.2, -0.15) is 0 Å². The molecule has 0 saturated heterocycles. The predicted molar refractivity (Wildman–Crippen MR) is 87.1 cm³/mol. The Kier molecular flexibility index (Phi) is 5.78. The maximum Gasteiger partial charge on any atom is 0.313 e. The van der Waals surface area contributed by atoms with E-state index in [1.54, 1.807) is 25.3 Å². The smallest absolute Gasteiger partial charge is 0.313 e. The molecule has 0 spiro atoms. The minimum Gasteiger partial charge on any atom is -0.394 e. The van der Waals surface area contributed by atoms with Gasteiger partial charge in [0.05, 0.1) is 6.61 Å². The van der Waals surface area contributed by atoms with Gasteiger partial charge in [0.15, 0.2) is 5.16 Å². The molecule has 0 saturated carbocycles. The van der Waals surface area contributed by atoms with Crippen LogP contribution in [-0.2, 0) is 16.6 Å². The van der Waals surface area contributed by atoms with E-state index in [2.05, 4.69) is 15.6 Å². The molecule has 1 atom stereocenters. The van der Waals surface area contributed by atoms with Crippen LogP contribution in [0, 0.1) is 0 Å². The highest BCUT2D eigenvalue weighted by Crippen LogP contribution is 2.26. The van der Waals surface area contributed by atoms with Crippen molar-refractivity contribution in [1.82, 2.24) is 14.9 Å². The lowest BCUT2D eigenvalue weighted by molar-refractivity contribution is -0.136. The zero-order valence-electron chi connectivity index (χ0n) is 12.8. The summed E-state index contributed by atoms with van der Waals surface area (Å²) in [5.74, 6) is -1.55. The number of hydrogen-bond donors (Lipinski definition) is 3. The standard InChI is InChI=1S/C15H18N4O3S/c1-10(9-20)17-13(21)14(22)18-11-3-5-12(6-4-11)23-15-16-7-8-19(15)2/h3-8,10,20H,9H2,1-2H3,(H,17,21)(H,18,22). The van der Waals surface area contributed by atoms with Crippen molar-refractivity contribution < 1.29 is 14.7 Å². The number of nitrogens with zero attached hydrogens (tertiary/aromatic N) is 2. The van der Waals surface area contributed by atoms with E-state index in [1.807, 2.05) is 29.9 Å². The molecule has 23 heavy (non-hydrogen) atoms. The number of aliphatic hydroxyl groups excluding tert-OH is 1. The number of rotatable bonds is 5. The fraction of sp³-hybridized carbons (Fsp3) is 0.267. The Balaban J connectivity index is 1.93. The van der Waals surface area contributed by atoms with E-state index >= 15 is 0 Å². The minimum absolute atomic E-state index is 0.224. The normalized spacial score (nSPS) is 11.8. The molecule has 1 unspecified atom stereocenters. The number of benzene rings is 1. The number of hydrogen-bond acceptors (Lipinski definition) is 5. The van der Waals surface area contributed by atoms with Crippen molar-refractivity contribution in [2.75, 3.05) is 11.9 Å². The molecule has 0 aliphatic heterocycles. The number of aliphatic hydroxyl groups is 1. The minimum atomic E-state index is -0.780. The van der Waals surface area contributed by atoms with E-state index in [1.165, 1.54) is 11.8 Å². The van der Waals surface area contributed by atoms with Gasteiger partial charge in [0.25, 0.3) is 0 Å². The van der Waals surface area contributed by atoms with E-state index in [-0.39, 0.29) is 6.61 Å². The number of nitrogens with one attached hydrogen (secondary N) is 2. The first kappa shape index (κ1) is 17.0. The van der Waals surface area contributed by atoms with Crippen molar-refractivity contribution >= 4 is 29.3 Å². The summed E-state index contributed by atoms with van der Waals surface area (Å²) in [6.45, 7) is 1.38. The van der Waals surface area contributed by atoms with Crippen LogP contribution in [-0.4, -0.2) is 39.1 Å². The van der Waals surface area contributed by atoms with Crippen molar-refractivity contribution in [2.45, 2.75) is 23.0 Å². The second kappa shape index (κ2) is 7.80. The number of anilines is 1. The third-order valence-corrected chi connectivity index (χ3v) is 4.04. The van der Waals surface area contributed by atoms with Crippen molar-refractivity contribution in [3.8, 4) is 0 Å². The van der Waals surface area contributed by atoms with E-state index in [0.717, 1.165) is 10.1 Å². The second-order valence-electron chi connectivity index (χ2n) is 4.96. The van der Waals surface area contributed by atoms with Crippen molar-refractivity contribution in [2.24, 2.45) is 7.05 Å². The van der Waals surface area contributed by atoms with Gasteiger partial charge in [0.1, 0.15) is 0 Å². The van der Waals surface area contributed by atoms with Crippen LogP contribution in [0.25, 0.3) is 0 Å². The molecular formula is C15H18N4O3S. The van der Waals surface area contributed by atoms with Gasteiger partial charge >= 0.3 is 11.8 Å². The van der Waals surface area contributed by atoms with Gasteiger partial charge in [-0.3, -0.25) is 9.59 Å². The first-order chi connectivity index (χ1) is 11.0. The largest absolute Gasteiger partial charge is 0.394 e. The Bertz CT molecular complexity index is 684. The van der Waals surface area contributed by atoms with Crippen LogP contribution in [0.2, 0.25) is 0 Å². The fourth-order valence-corrected chi connectivity index (χ4v) is 2.49. The first-order valence-corrected chi connectivity index (χ1v) is 7.79. The molecule has 0 aliphatic carbocycles. The molecule has 0 radical (unpaired) electrons. The molecule has 1 aromatic carbocycles. The van der Waals surface area contributed by atoms with Crippen LogP contribution >= 0.6 is 11.8 Å².